The highest BCUT2D eigenvalue weighted by Gasteiger charge is 2.28. The van der Waals surface area contributed by atoms with E-state index in [4.69, 9.17) is 9.97 Å². The lowest BCUT2D eigenvalue weighted by Gasteiger charge is -2.17. The summed E-state index contributed by atoms with van der Waals surface area (Å²) in [5, 5.41) is 31.2. The standard InChI is InChI=1S/C54H32N2.C50H30N2/c55-33-34-18-20-36(21-19-34)41-26-27-48-42-14-7-8-15-43(42)49-29-28-47(53(41)54(48)49)44-16-9-17-45-46(44)25-24-37-22-23-39(30-50(37)45)52-32-40(35-10-3-1-4-11-35)31-51(56-52)38-12-5-2-6-13-38;51-31-32-15-17-34(18-16-32)41-23-25-45-43-13-7-8-14-44(43)46-26-24-42(49(41)50(45)46)38-21-19-37-28-39(22-20-36(37)27-38)48-30-40(33-9-3-1-4-10-33)29-47(52-48)35-11-5-2-6-12-35/h1-32H;1-30H. The van der Waals surface area contributed by atoms with Gasteiger partial charge in [-0.3, -0.25) is 0 Å². The minimum absolute atomic E-state index is 0.658. The van der Waals surface area contributed by atoms with Gasteiger partial charge in [-0.05, 0) is 232 Å². The van der Waals surface area contributed by atoms with Crippen LogP contribution in [0.4, 0.5) is 0 Å². The lowest BCUT2D eigenvalue weighted by Crippen LogP contribution is -1.92. The predicted octanol–water partition coefficient (Wildman–Crippen LogP) is 27.6. The third-order valence-electron chi connectivity index (χ3n) is 21.9. The van der Waals surface area contributed by atoms with Crippen LogP contribution in [-0.2, 0) is 0 Å². The Kier molecular flexibility index (Phi) is 15.3. The first-order valence-corrected chi connectivity index (χ1v) is 36.6. The number of aromatic nitrogens is 2. The van der Waals surface area contributed by atoms with Gasteiger partial charge in [0.15, 0.2) is 0 Å². The minimum Gasteiger partial charge on any atom is -0.248 e. The van der Waals surface area contributed by atoms with Gasteiger partial charge in [0.2, 0.25) is 0 Å². The van der Waals surface area contributed by atoms with Crippen molar-refractivity contribution in [3.05, 3.63) is 387 Å². The molecule has 17 aromatic carbocycles. The van der Waals surface area contributed by atoms with Gasteiger partial charge in [0.25, 0.3) is 0 Å². The third kappa shape index (κ3) is 10.9. The highest BCUT2D eigenvalue weighted by molar-refractivity contribution is 6.26. The summed E-state index contributed by atoms with van der Waals surface area (Å²) >= 11 is 0. The third-order valence-corrected chi connectivity index (χ3v) is 21.9. The van der Waals surface area contributed by atoms with E-state index in [1.807, 2.05) is 36.4 Å². The fourth-order valence-corrected chi connectivity index (χ4v) is 16.7. The summed E-state index contributed by atoms with van der Waals surface area (Å²) in [6.07, 6.45) is 0. The molecule has 0 radical (unpaired) electrons. The van der Waals surface area contributed by atoms with Crippen molar-refractivity contribution in [1.29, 1.82) is 10.5 Å². The molecule has 108 heavy (non-hydrogen) atoms. The molecule has 0 saturated carbocycles. The summed E-state index contributed by atoms with van der Waals surface area (Å²) < 4.78 is 0. The van der Waals surface area contributed by atoms with Crippen molar-refractivity contribution in [1.82, 2.24) is 9.97 Å². The first-order valence-electron chi connectivity index (χ1n) is 36.6. The molecule has 0 unspecified atom stereocenters. The monoisotopic (exact) mass is 1370 g/mol. The van der Waals surface area contributed by atoms with Crippen LogP contribution in [0.5, 0.6) is 0 Å². The number of nitriles is 2. The number of fused-ring (bicyclic) bond motifs is 10. The van der Waals surface area contributed by atoms with E-state index in [0.29, 0.717) is 11.1 Å². The molecule has 4 nitrogen and oxygen atoms in total. The molecular formula is C104H62N4. The van der Waals surface area contributed by atoms with E-state index in [2.05, 4.69) is 352 Å². The molecule has 0 atom stereocenters. The number of benzene rings is 17. The zero-order valence-electron chi connectivity index (χ0n) is 58.6. The molecule has 0 spiro atoms. The summed E-state index contributed by atoms with van der Waals surface area (Å²) in [4.78, 5) is 10.4. The maximum Gasteiger partial charge on any atom is 0.0991 e. The van der Waals surface area contributed by atoms with E-state index in [1.165, 1.54) is 132 Å². The largest absolute Gasteiger partial charge is 0.248 e. The summed E-state index contributed by atoms with van der Waals surface area (Å²) in [6.45, 7) is 0. The van der Waals surface area contributed by atoms with Crippen LogP contribution in [0.15, 0.2) is 376 Å². The van der Waals surface area contributed by atoms with Gasteiger partial charge in [-0.25, -0.2) is 9.97 Å². The van der Waals surface area contributed by atoms with Crippen molar-refractivity contribution < 1.29 is 0 Å². The van der Waals surface area contributed by atoms with Gasteiger partial charge in [-0.15, -0.1) is 0 Å². The van der Waals surface area contributed by atoms with E-state index in [9.17, 15) is 10.5 Å². The maximum absolute atomic E-state index is 9.57. The lowest BCUT2D eigenvalue weighted by atomic mass is 9.86. The Morgan fingerprint density at radius 2 is 0.481 bits per heavy atom. The van der Waals surface area contributed by atoms with Crippen LogP contribution in [0, 0.1) is 22.7 Å². The average Bonchev–Trinajstić information content (AvgIpc) is 1.53. The Morgan fingerprint density at radius 1 is 0.167 bits per heavy atom. The van der Waals surface area contributed by atoms with Crippen LogP contribution in [-0.4, -0.2) is 9.97 Å². The molecule has 2 aliphatic rings. The minimum atomic E-state index is 0.658. The Morgan fingerprint density at radius 3 is 0.926 bits per heavy atom. The molecule has 2 aromatic heterocycles. The molecule has 21 rings (SSSR count). The van der Waals surface area contributed by atoms with E-state index < -0.39 is 0 Å². The van der Waals surface area contributed by atoms with Gasteiger partial charge in [0.1, 0.15) is 0 Å². The van der Waals surface area contributed by atoms with Crippen molar-refractivity contribution in [2.24, 2.45) is 0 Å². The summed E-state index contributed by atoms with van der Waals surface area (Å²) in [5.41, 5.74) is 33.6. The highest BCUT2D eigenvalue weighted by atomic mass is 14.7. The topological polar surface area (TPSA) is 73.4 Å². The van der Waals surface area contributed by atoms with Gasteiger partial charge in [0.05, 0.1) is 46.0 Å². The molecule has 4 heteroatoms. The summed E-state index contributed by atoms with van der Waals surface area (Å²) in [7, 11) is 0. The number of hydrogen-bond acceptors (Lipinski definition) is 4. The van der Waals surface area contributed by atoms with Crippen LogP contribution in [0.1, 0.15) is 11.1 Å². The number of nitrogens with zero attached hydrogens (tertiary/aromatic N) is 4. The van der Waals surface area contributed by atoms with Crippen molar-refractivity contribution in [2.45, 2.75) is 0 Å². The molecule has 2 heterocycles. The van der Waals surface area contributed by atoms with Gasteiger partial charge in [-0.2, -0.15) is 10.5 Å². The predicted molar refractivity (Wildman–Crippen MR) is 449 cm³/mol. The van der Waals surface area contributed by atoms with Crippen molar-refractivity contribution >= 4 is 53.9 Å². The van der Waals surface area contributed by atoms with E-state index in [0.717, 1.165) is 78.4 Å². The molecule has 498 valence electrons. The molecule has 2 aliphatic carbocycles. The van der Waals surface area contributed by atoms with Crippen LogP contribution < -0.4 is 0 Å². The molecular weight excluding hydrogens is 1310 g/mol. The molecule has 19 aromatic rings. The Balaban J connectivity index is 0.000000143. The number of pyridine rings is 2. The Bertz CT molecular complexity index is 6780. The highest BCUT2D eigenvalue weighted by Crippen LogP contribution is 2.55. The maximum atomic E-state index is 9.57. The molecule has 0 bridgehead atoms. The van der Waals surface area contributed by atoms with Crippen LogP contribution in [0.2, 0.25) is 0 Å². The molecule has 0 aliphatic heterocycles. The van der Waals surface area contributed by atoms with E-state index in [-0.39, 0.29) is 0 Å². The molecule has 0 amide bonds. The zero-order chi connectivity index (χ0) is 71.8. The van der Waals surface area contributed by atoms with Gasteiger partial charge >= 0.3 is 0 Å². The summed E-state index contributed by atoms with van der Waals surface area (Å²) in [6, 6.07) is 138. The number of hydrogen-bond donors (Lipinski definition) is 0. The first-order chi connectivity index (χ1) is 53.4. The van der Waals surface area contributed by atoms with Gasteiger partial charge in [-0.1, -0.05) is 309 Å². The van der Waals surface area contributed by atoms with E-state index in [1.54, 1.807) is 0 Å². The molecule has 0 N–H and O–H groups in total. The average molecular weight is 1370 g/mol. The smallest absolute Gasteiger partial charge is 0.0991 e. The van der Waals surface area contributed by atoms with Gasteiger partial charge in [0, 0.05) is 22.3 Å². The second-order valence-corrected chi connectivity index (χ2v) is 28.0. The van der Waals surface area contributed by atoms with E-state index >= 15 is 0 Å². The molecule has 0 fully saturated rings. The fraction of sp³-hybridized carbons (Fsp3) is 0. The fourth-order valence-electron chi connectivity index (χ4n) is 16.7. The Hall–Kier alpha value is -14.7. The quantitative estimate of drug-likeness (QED) is 0.128. The van der Waals surface area contributed by atoms with Crippen molar-refractivity contribution in [3.63, 3.8) is 0 Å². The summed E-state index contributed by atoms with van der Waals surface area (Å²) in [5.74, 6) is 0. The van der Waals surface area contributed by atoms with Crippen LogP contribution in [0.25, 0.3) is 210 Å². The second kappa shape index (κ2) is 26.2. The first kappa shape index (κ1) is 63.0. The van der Waals surface area contributed by atoms with Crippen molar-refractivity contribution in [2.75, 3.05) is 0 Å². The second-order valence-electron chi connectivity index (χ2n) is 28.0. The lowest BCUT2D eigenvalue weighted by molar-refractivity contribution is 1.32. The zero-order valence-corrected chi connectivity index (χ0v) is 58.6. The van der Waals surface area contributed by atoms with Crippen molar-refractivity contribution in [3.8, 4) is 168 Å². The van der Waals surface area contributed by atoms with Crippen LogP contribution in [0.3, 0.4) is 0 Å². The van der Waals surface area contributed by atoms with Crippen LogP contribution >= 0.6 is 0 Å². The molecule has 0 saturated heterocycles. The number of rotatable bonds is 10. The Labute approximate surface area is 626 Å². The van der Waals surface area contributed by atoms with Gasteiger partial charge < -0.3 is 0 Å². The SMILES string of the molecule is N#Cc1ccc(-c2ccc3c4c(ccc(-c5ccc6cc(-c7cc(-c8ccccc8)cc(-c8ccccc8)n7)ccc6c5)c24)-c2ccccc2-3)cc1.N#Cc1ccc(-c2ccc3c4c(ccc(-c5cccc6c5ccc5ccc(-c7cc(-c8ccccc8)cc(-c8ccccc8)n7)cc56)c24)-c2ccccc2-3)cc1. The normalized spacial score (nSPS) is 11.5.